The molecule has 0 saturated carbocycles. The number of nitrogens with zero attached hydrogens (tertiary/aromatic N) is 2. The van der Waals surface area contributed by atoms with Crippen molar-refractivity contribution in [2.45, 2.75) is 58.6 Å². The molecule has 4 nitrogen and oxygen atoms in total. The van der Waals surface area contributed by atoms with E-state index in [4.69, 9.17) is 4.74 Å². The molecule has 0 aliphatic rings. The fourth-order valence-corrected chi connectivity index (χ4v) is 2.99. The van der Waals surface area contributed by atoms with Crippen molar-refractivity contribution in [1.29, 1.82) is 0 Å². The minimum Gasteiger partial charge on any atom is -0.506 e. The van der Waals surface area contributed by atoms with E-state index in [0.29, 0.717) is 11.6 Å². The lowest BCUT2D eigenvalue weighted by molar-refractivity contribution is -0.000349. The van der Waals surface area contributed by atoms with Crippen molar-refractivity contribution in [3.8, 4) is 0 Å². The second kappa shape index (κ2) is 7.18. The van der Waals surface area contributed by atoms with Gasteiger partial charge >= 0.3 is 0 Å². The predicted molar refractivity (Wildman–Crippen MR) is 94.0 cm³/mol. The van der Waals surface area contributed by atoms with Crippen molar-refractivity contribution >= 4 is 17.1 Å². The molecule has 0 spiro atoms. The Morgan fingerprint density at radius 2 is 2.00 bits per heavy atom. The van der Waals surface area contributed by atoms with E-state index in [9.17, 15) is 5.11 Å². The molecule has 1 aromatic heterocycles. The first-order valence-corrected chi connectivity index (χ1v) is 8.33. The van der Waals surface area contributed by atoms with Gasteiger partial charge in [0.15, 0.2) is 5.88 Å². The first kappa shape index (κ1) is 18.6. The van der Waals surface area contributed by atoms with E-state index >= 15 is 0 Å². The van der Waals surface area contributed by atoms with Gasteiger partial charge in [0.05, 0.1) is 5.01 Å². The highest BCUT2D eigenvalue weighted by Gasteiger charge is 2.21. The first-order chi connectivity index (χ1) is 10.0. The van der Waals surface area contributed by atoms with E-state index in [1.165, 1.54) is 0 Å². The third-order valence-electron chi connectivity index (χ3n) is 3.41. The Balaban J connectivity index is 2.64. The summed E-state index contributed by atoms with van der Waals surface area (Å²) in [6.07, 6.45) is 0.924. The van der Waals surface area contributed by atoms with Gasteiger partial charge < -0.3 is 14.7 Å². The third kappa shape index (κ3) is 5.37. The van der Waals surface area contributed by atoms with Crippen LogP contribution in [0.1, 0.15) is 57.7 Å². The summed E-state index contributed by atoms with van der Waals surface area (Å²) < 4.78 is 5.82. The molecular formula is C17H28N2O2S. The molecule has 1 N–H and O–H groups in total. The van der Waals surface area contributed by atoms with Crippen LogP contribution >= 0.6 is 11.3 Å². The van der Waals surface area contributed by atoms with Crippen LogP contribution in [0.2, 0.25) is 0 Å². The summed E-state index contributed by atoms with van der Waals surface area (Å²) in [6.45, 7) is 17.8. The van der Waals surface area contributed by atoms with Crippen molar-refractivity contribution in [3.05, 3.63) is 35.1 Å². The zero-order valence-electron chi connectivity index (χ0n) is 14.5. The maximum atomic E-state index is 9.38. The van der Waals surface area contributed by atoms with Crippen LogP contribution in [0.4, 0.5) is 0 Å². The fraction of sp³-hybridized carbons (Fsp3) is 0.588. The number of rotatable bonds is 7. The van der Waals surface area contributed by atoms with E-state index in [2.05, 4.69) is 36.9 Å². The Hall–Kier alpha value is -1.49. The van der Waals surface area contributed by atoms with Gasteiger partial charge in [0, 0.05) is 24.4 Å². The van der Waals surface area contributed by atoms with Gasteiger partial charge in [-0.2, -0.15) is 0 Å². The van der Waals surface area contributed by atoms with Gasteiger partial charge in [-0.1, -0.05) is 13.5 Å². The number of thiazole rings is 1. The second-order valence-electron chi connectivity index (χ2n) is 6.72. The molecular weight excluding hydrogens is 296 g/mol. The van der Waals surface area contributed by atoms with Crippen molar-refractivity contribution in [1.82, 2.24) is 9.88 Å². The lowest BCUT2D eigenvalue weighted by atomic mass is 10.0. The average Bonchev–Trinajstić information content (AvgIpc) is 2.85. The number of hydrogen-bond donors (Lipinski definition) is 1. The lowest BCUT2D eigenvalue weighted by Crippen LogP contribution is -2.33. The molecule has 0 fully saturated rings. The van der Waals surface area contributed by atoms with Crippen LogP contribution in [-0.4, -0.2) is 33.7 Å². The molecule has 1 aromatic rings. The van der Waals surface area contributed by atoms with Gasteiger partial charge in [0.1, 0.15) is 17.1 Å². The van der Waals surface area contributed by atoms with Crippen molar-refractivity contribution in [2.24, 2.45) is 0 Å². The molecule has 0 bridgehead atoms. The van der Waals surface area contributed by atoms with Crippen molar-refractivity contribution < 1.29 is 9.84 Å². The average molecular weight is 324 g/mol. The third-order valence-corrected chi connectivity index (χ3v) is 4.49. The highest BCUT2D eigenvalue weighted by Crippen LogP contribution is 2.28. The Kier molecular flexibility index (Phi) is 6.06. The van der Waals surface area contributed by atoms with Gasteiger partial charge in [-0.05, 0) is 40.7 Å². The van der Waals surface area contributed by atoms with E-state index < -0.39 is 0 Å². The van der Waals surface area contributed by atoms with Crippen LogP contribution in [0, 0.1) is 0 Å². The molecule has 0 aliphatic carbocycles. The molecule has 1 rings (SSSR count). The second-order valence-corrected chi connectivity index (χ2v) is 7.61. The van der Waals surface area contributed by atoms with Crippen LogP contribution in [0.15, 0.2) is 24.4 Å². The first-order valence-electron chi connectivity index (χ1n) is 7.45. The fourth-order valence-electron chi connectivity index (χ4n) is 2.09. The molecule has 22 heavy (non-hydrogen) atoms. The zero-order chi connectivity index (χ0) is 17.1. The maximum absolute atomic E-state index is 9.38. The molecule has 124 valence electrons. The van der Waals surface area contributed by atoms with E-state index in [1.807, 2.05) is 33.2 Å². The Bertz CT molecular complexity index is 531. The predicted octanol–water partition coefficient (Wildman–Crippen LogP) is 4.77. The highest BCUT2D eigenvalue weighted by atomic mass is 32.1. The molecule has 0 aliphatic heterocycles. The molecule has 0 amide bonds. The lowest BCUT2D eigenvalue weighted by Gasteiger charge is -2.33. The summed E-state index contributed by atoms with van der Waals surface area (Å²) in [5.41, 5.74) is 0.316. The monoisotopic (exact) mass is 324 g/mol. The molecule has 0 radical (unpaired) electrons. The number of aliphatic hydroxyl groups is 1. The number of aromatic nitrogens is 1. The van der Waals surface area contributed by atoms with Gasteiger partial charge in [-0.15, -0.1) is 11.3 Å². The molecule has 0 unspecified atom stereocenters. The molecule has 5 heteroatoms. The normalized spacial score (nSPS) is 14.3. The number of hydrogen-bond acceptors (Lipinski definition) is 5. The standard InChI is InChI=1S/C17H28N2O2S/c1-11(16-18-15(10-22-16)13(3)20)9-12(2)19(8)14(4)21-17(5,6)7/h10-12,20H,3-4,9H2,1-2,5-8H3/t11-,12-/m1/s1. The Labute approximate surface area is 138 Å². The molecule has 0 saturated heterocycles. The van der Waals surface area contributed by atoms with Crippen LogP contribution < -0.4 is 0 Å². The summed E-state index contributed by atoms with van der Waals surface area (Å²) in [6, 6.07) is 0.273. The van der Waals surface area contributed by atoms with Crippen molar-refractivity contribution in [2.75, 3.05) is 7.05 Å². The Morgan fingerprint density at radius 1 is 1.41 bits per heavy atom. The smallest absolute Gasteiger partial charge is 0.182 e. The molecule has 0 aromatic carbocycles. The topological polar surface area (TPSA) is 45.6 Å². The maximum Gasteiger partial charge on any atom is 0.182 e. The molecule has 1 heterocycles. The largest absolute Gasteiger partial charge is 0.506 e. The summed E-state index contributed by atoms with van der Waals surface area (Å²) in [4.78, 5) is 6.48. The summed E-state index contributed by atoms with van der Waals surface area (Å²) in [5.74, 6) is 0.987. The van der Waals surface area contributed by atoms with Crippen LogP contribution in [0.5, 0.6) is 0 Å². The van der Waals surface area contributed by atoms with Gasteiger partial charge in [-0.25, -0.2) is 4.98 Å². The van der Waals surface area contributed by atoms with E-state index in [-0.39, 0.29) is 23.3 Å². The zero-order valence-corrected chi connectivity index (χ0v) is 15.3. The van der Waals surface area contributed by atoms with Crippen molar-refractivity contribution in [3.63, 3.8) is 0 Å². The SMILES string of the molecule is C=C(O)c1csc([C@H](C)C[C@@H](C)N(C)C(=C)OC(C)(C)C)n1. The Morgan fingerprint density at radius 3 is 2.45 bits per heavy atom. The summed E-state index contributed by atoms with van der Waals surface area (Å²) in [5, 5.41) is 12.2. The van der Waals surface area contributed by atoms with Gasteiger partial charge in [-0.3, -0.25) is 0 Å². The quantitative estimate of drug-likeness (QED) is 0.734. The van der Waals surface area contributed by atoms with Crippen LogP contribution in [0.25, 0.3) is 5.76 Å². The number of ether oxygens (including phenoxy) is 1. The highest BCUT2D eigenvalue weighted by molar-refractivity contribution is 7.09. The molecule has 2 atom stereocenters. The summed E-state index contributed by atoms with van der Waals surface area (Å²) >= 11 is 1.55. The van der Waals surface area contributed by atoms with Gasteiger partial charge in [0.25, 0.3) is 0 Å². The minimum absolute atomic E-state index is 0.0202. The van der Waals surface area contributed by atoms with Crippen LogP contribution in [-0.2, 0) is 4.74 Å². The number of aliphatic hydroxyl groups excluding tert-OH is 1. The van der Waals surface area contributed by atoms with Gasteiger partial charge in [0.2, 0.25) is 0 Å². The summed E-state index contributed by atoms with van der Waals surface area (Å²) in [7, 11) is 1.99. The minimum atomic E-state index is -0.248. The van der Waals surface area contributed by atoms with Crippen LogP contribution in [0.3, 0.4) is 0 Å². The van der Waals surface area contributed by atoms with E-state index in [0.717, 1.165) is 11.4 Å². The van der Waals surface area contributed by atoms with E-state index in [1.54, 1.807) is 11.3 Å².